The highest BCUT2D eigenvalue weighted by Gasteiger charge is 2.25. The molecular formula is C13H18N4O5S. The number of carboxylic acids is 1. The van der Waals surface area contributed by atoms with Crippen molar-refractivity contribution in [3.63, 3.8) is 0 Å². The maximum absolute atomic E-state index is 11.9. The Morgan fingerprint density at radius 3 is 2.43 bits per heavy atom. The minimum atomic E-state index is -1.44. The quantitative estimate of drug-likeness (QED) is 0.579. The monoisotopic (exact) mass is 342 g/mol. The van der Waals surface area contributed by atoms with Crippen molar-refractivity contribution in [2.24, 2.45) is 11.1 Å². The van der Waals surface area contributed by atoms with Gasteiger partial charge < -0.3 is 21.5 Å². The molecule has 0 saturated carbocycles. The van der Waals surface area contributed by atoms with Crippen LogP contribution in [-0.2, 0) is 14.4 Å². The second-order valence-electron chi connectivity index (χ2n) is 5.78. The van der Waals surface area contributed by atoms with Gasteiger partial charge in [-0.25, -0.2) is 9.78 Å². The molecule has 23 heavy (non-hydrogen) atoms. The summed E-state index contributed by atoms with van der Waals surface area (Å²) in [5.41, 5.74) is 4.25. The Morgan fingerprint density at radius 1 is 1.35 bits per heavy atom. The van der Waals surface area contributed by atoms with Gasteiger partial charge in [0.15, 0.2) is 5.13 Å². The minimum absolute atomic E-state index is 0.0603. The third-order valence-corrected chi connectivity index (χ3v) is 3.40. The zero-order valence-electron chi connectivity index (χ0n) is 12.9. The van der Waals surface area contributed by atoms with Crippen LogP contribution in [0.1, 0.15) is 37.7 Å². The lowest BCUT2D eigenvalue weighted by Gasteiger charge is -2.15. The summed E-state index contributed by atoms with van der Waals surface area (Å²) < 4.78 is 0. The molecule has 1 aromatic rings. The Hall–Kier alpha value is -2.49. The number of amides is 3. The average Bonchev–Trinajstić information content (AvgIpc) is 2.84. The molecule has 1 heterocycles. The van der Waals surface area contributed by atoms with Gasteiger partial charge in [0.25, 0.3) is 5.91 Å². The molecule has 1 unspecified atom stereocenters. The third kappa shape index (κ3) is 5.66. The number of thiazole rings is 1. The molecule has 0 fully saturated rings. The summed E-state index contributed by atoms with van der Waals surface area (Å²) in [7, 11) is 0. The summed E-state index contributed by atoms with van der Waals surface area (Å²) >= 11 is 1.03. The summed E-state index contributed by atoms with van der Waals surface area (Å²) in [6, 6.07) is -1.44. The highest BCUT2D eigenvalue weighted by molar-refractivity contribution is 7.14. The van der Waals surface area contributed by atoms with Gasteiger partial charge in [0.2, 0.25) is 11.8 Å². The number of hydrogen-bond donors (Lipinski definition) is 4. The number of primary amides is 1. The van der Waals surface area contributed by atoms with Gasteiger partial charge in [-0.3, -0.25) is 14.4 Å². The van der Waals surface area contributed by atoms with Crippen LogP contribution in [0.25, 0.3) is 0 Å². The van der Waals surface area contributed by atoms with E-state index in [2.05, 4.69) is 15.6 Å². The minimum Gasteiger partial charge on any atom is -0.480 e. The molecule has 0 bridgehead atoms. The SMILES string of the molecule is CC(C)(C)C(=O)Nc1nc(C(=O)NC(CC(N)=O)C(=O)O)cs1. The molecule has 0 saturated heterocycles. The van der Waals surface area contributed by atoms with E-state index in [1.54, 1.807) is 20.8 Å². The van der Waals surface area contributed by atoms with E-state index in [1.165, 1.54) is 5.38 Å². The fourth-order valence-corrected chi connectivity index (χ4v) is 2.04. The van der Waals surface area contributed by atoms with Crippen LogP contribution in [0.5, 0.6) is 0 Å². The summed E-state index contributed by atoms with van der Waals surface area (Å²) in [6.45, 7) is 5.18. The number of carbonyl (C=O) groups is 4. The summed E-state index contributed by atoms with van der Waals surface area (Å²) in [5.74, 6) is -3.27. The summed E-state index contributed by atoms with van der Waals surface area (Å²) in [4.78, 5) is 49.5. The molecular weight excluding hydrogens is 324 g/mol. The van der Waals surface area contributed by atoms with Crippen molar-refractivity contribution >= 4 is 40.2 Å². The number of carboxylic acid groups (broad SMARTS) is 1. The van der Waals surface area contributed by atoms with E-state index in [0.29, 0.717) is 0 Å². The predicted octanol–water partition coefficient (Wildman–Crippen LogP) is 0.186. The zero-order valence-corrected chi connectivity index (χ0v) is 13.7. The molecule has 0 spiro atoms. The second kappa shape index (κ2) is 7.18. The summed E-state index contributed by atoms with van der Waals surface area (Å²) in [6.07, 6.45) is -0.529. The van der Waals surface area contributed by atoms with Crippen LogP contribution in [0.2, 0.25) is 0 Å². The highest BCUT2D eigenvalue weighted by atomic mass is 32.1. The van der Waals surface area contributed by atoms with Crippen LogP contribution < -0.4 is 16.4 Å². The number of rotatable bonds is 6. The zero-order chi connectivity index (χ0) is 17.8. The largest absolute Gasteiger partial charge is 0.480 e. The van der Waals surface area contributed by atoms with Crippen molar-refractivity contribution in [2.75, 3.05) is 5.32 Å². The van der Waals surface area contributed by atoms with Gasteiger partial charge in [0.1, 0.15) is 11.7 Å². The summed E-state index contributed by atoms with van der Waals surface area (Å²) in [5, 5.41) is 15.2. The molecule has 1 aromatic heterocycles. The van der Waals surface area contributed by atoms with Crippen molar-refractivity contribution in [3.05, 3.63) is 11.1 Å². The number of nitrogens with zero attached hydrogens (tertiary/aromatic N) is 1. The molecule has 10 heteroatoms. The lowest BCUT2D eigenvalue weighted by molar-refractivity contribution is -0.140. The first kappa shape index (κ1) is 18.6. The Kier molecular flexibility index (Phi) is 5.79. The number of aromatic nitrogens is 1. The number of carbonyl (C=O) groups excluding carboxylic acids is 3. The Balaban J connectivity index is 2.76. The Morgan fingerprint density at radius 2 is 1.96 bits per heavy atom. The average molecular weight is 342 g/mol. The van der Waals surface area contributed by atoms with Crippen molar-refractivity contribution in [1.29, 1.82) is 0 Å². The molecule has 0 radical (unpaired) electrons. The number of aliphatic carboxylic acids is 1. The van der Waals surface area contributed by atoms with Crippen molar-refractivity contribution in [2.45, 2.75) is 33.2 Å². The van der Waals surface area contributed by atoms with E-state index in [4.69, 9.17) is 10.8 Å². The second-order valence-corrected chi connectivity index (χ2v) is 6.63. The molecule has 126 valence electrons. The standard InChI is InChI=1S/C13H18N4O5S/c1-13(2,3)11(22)17-12-16-7(5-23-12)9(19)15-6(10(20)21)4-8(14)18/h5-6H,4H2,1-3H3,(H2,14,18)(H,15,19)(H,20,21)(H,16,17,22). The molecule has 0 aromatic carbocycles. The number of nitrogens with one attached hydrogen (secondary N) is 2. The van der Waals surface area contributed by atoms with Crippen molar-refractivity contribution in [3.8, 4) is 0 Å². The van der Waals surface area contributed by atoms with Crippen LogP contribution in [0.15, 0.2) is 5.38 Å². The van der Waals surface area contributed by atoms with Gasteiger partial charge in [-0.05, 0) is 0 Å². The number of hydrogen-bond acceptors (Lipinski definition) is 6. The van der Waals surface area contributed by atoms with Crippen LogP contribution >= 0.6 is 11.3 Å². The van der Waals surface area contributed by atoms with E-state index >= 15 is 0 Å². The first-order chi connectivity index (χ1) is 10.5. The Labute approximate surface area is 136 Å². The molecule has 9 nitrogen and oxygen atoms in total. The topological polar surface area (TPSA) is 151 Å². The van der Waals surface area contributed by atoms with Crippen LogP contribution in [0.4, 0.5) is 5.13 Å². The number of nitrogens with two attached hydrogens (primary N) is 1. The van der Waals surface area contributed by atoms with Crippen molar-refractivity contribution < 1.29 is 24.3 Å². The van der Waals surface area contributed by atoms with E-state index in [-0.39, 0.29) is 16.7 Å². The molecule has 0 aliphatic carbocycles. The van der Waals surface area contributed by atoms with Crippen LogP contribution in [0.3, 0.4) is 0 Å². The van der Waals surface area contributed by atoms with Crippen molar-refractivity contribution in [1.82, 2.24) is 10.3 Å². The van der Waals surface area contributed by atoms with Crippen LogP contribution in [0, 0.1) is 5.41 Å². The molecule has 0 aliphatic heterocycles. The lowest BCUT2D eigenvalue weighted by Crippen LogP contribution is -2.43. The number of anilines is 1. The fourth-order valence-electron chi connectivity index (χ4n) is 1.35. The van der Waals surface area contributed by atoms with Gasteiger partial charge in [0, 0.05) is 10.8 Å². The van der Waals surface area contributed by atoms with E-state index in [1.807, 2.05) is 0 Å². The smallest absolute Gasteiger partial charge is 0.326 e. The third-order valence-electron chi connectivity index (χ3n) is 2.65. The maximum Gasteiger partial charge on any atom is 0.326 e. The molecule has 3 amide bonds. The molecule has 1 atom stereocenters. The first-order valence-electron chi connectivity index (χ1n) is 6.59. The highest BCUT2D eigenvalue weighted by Crippen LogP contribution is 2.20. The normalized spacial score (nSPS) is 12.3. The maximum atomic E-state index is 11.9. The van der Waals surface area contributed by atoms with Gasteiger partial charge in [-0.15, -0.1) is 11.3 Å². The molecule has 5 N–H and O–H groups in total. The van der Waals surface area contributed by atoms with Crippen LogP contribution in [-0.4, -0.2) is 39.8 Å². The van der Waals surface area contributed by atoms with Gasteiger partial charge >= 0.3 is 5.97 Å². The fraction of sp³-hybridized carbons (Fsp3) is 0.462. The molecule has 0 aliphatic rings. The Bertz CT molecular complexity index is 635. The van der Waals surface area contributed by atoms with Gasteiger partial charge in [-0.1, -0.05) is 20.8 Å². The lowest BCUT2D eigenvalue weighted by atomic mass is 9.96. The van der Waals surface area contributed by atoms with Gasteiger partial charge in [0.05, 0.1) is 6.42 Å². The van der Waals surface area contributed by atoms with E-state index < -0.39 is 35.7 Å². The predicted molar refractivity (Wildman–Crippen MR) is 82.9 cm³/mol. The van der Waals surface area contributed by atoms with E-state index in [0.717, 1.165) is 11.3 Å². The first-order valence-corrected chi connectivity index (χ1v) is 7.47. The van der Waals surface area contributed by atoms with E-state index in [9.17, 15) is 19.2 Å². The van der Waals surface area contributed by atoms with Gasteiger partial charge in [-0.2, -0.15) is 0 Å². The molecule has 1 rings (SSSR count).